The molecule has 0 radical (unpaired) electrons. The minimum absolute atomic E-state index is 0.0889. The maximum Gasteiger partial charge on any atom is 0.211 e. The molecule has 2 aliphatic rings. The first-order valence-corrected chi connectivity index (χ1v) is 10.8. The van der Waals surface area contributed by atoms with Gasteiger partial charge in [-0.15, -0.1) is 10.2 Å². The first-order chi connectivity index (χ1) is 13.6. The van der Waals surface area contributed by atoms with Crippen LogP contribution in [0.25, 0.3) is 0 Å². The van der Waals surface area contributed by atoms with Crippen LogP contribution >= 0.6 is 0 Å². The highest BCUT2D eigenvalue weighted by molar-refractivity contribution is 5.54. The second-order valence-corrected chi connectivity index (χ2v) is 8.89. The highest BCUT2D eigenvalue weighted by Crippen LogP contribution is 2.51. The van der Waals surface area contributed by atoms with Gasteiger partial charge in [0.2, 0.25) is 5.82 Å². The Balaban J connectivity index is 1.64. The minimum Gasteiger partial charge on any atom is -0.489 e. The number of H-pyrrole nitrogens is 1. The number of unbranched alkanes of at least 4 members (excludes halogenated alkanes) is 2. The first-order valence-electron chi connectivity index (χ1n) is 10.8. The van der Waals surface area contributed by atoms with E-state index in [0.717, 1.165) is 24.3 Å². The van der Waals surface area contributed by atoms with E-state index in [4.69, 9.17) is 9.47 Å². The fraction of sp³-hybridized carbons (Fsp3) is 0.682. The largest absolute Gasteiger partial charge is 0.489 e. The van der Waals surface area contributed by atoms with Gasteiger partial charge in [0, 0.05) is 11.5 Å². The van der Waals surface area contributed by atoms with E-state index in [1.807, 2.05) is 0 Å². The summed E-state index contributed by atoms with van der Waals surface area (Å²) in [7, 11) is 0. The summed E-state index contributed by atoms with van der Waals surface area (Å²) in [6, 6.07) is 4.52. The standard InChI is InChI=1S/C22H32N4O2/c1-4-5-8-11-22(2,3)15-12-18(27-14-20-23-25-26-24-20)21-16-9-6-7-10-17(16)28-19(21)13-15/h12-13,16-17H,4-11,14H2,1-3H3,(H,23,24,25,26). The molecular weight excluding hydrogens is 352 g/mol. The predicted molar refractivity (Wildman–Crippen MR) is 108 cm³/mol. The molecule has 6 heteroatoms. The molecule has 0 saturated heterocycles. The van der Waals surface area contributed by atoms with Gasteiger partial charge in [-0.25, -0.2) is 0 Å². The second kappa shape index (κ2) is 8.10. The molecule has 2 heterocycles. The Morgan fingerprint density at radius 2 is 2.07 bits per heavy atom. The summed E-state index contributed by atoms with van der Waals surface area (Å²) >= 11 is 0. The number of tetrazole rings is 1. The van der Waals surface area contributed by atoms with Crippen LogP contribution < -0.4 is 9.47 Å². The molecule has 152 valence electrons. The molecule has 1 aliphatic carbocycles. The Labute approximate surface area is 167 Å². The zero-order valence-corrected chi connectivity index (χ0v) is 17.3. The molecule has 6 nitrogen and oxygen atoms in total. The van der Waals surface area contributed by atoms with E-state index < -0.39 is 0 Å². The molecule has 1 fully saturated rings. The van der Waals surface area contributed by atoms with Gasteiger partial charge in [0.25, 0.3) is 0 Å². The van der Waals surface area contributed by atoms with Crippen LogP contribution in [0.5, 0.6) is 11.5 Å². The number of hydrogen-bond donors (Lipinski definition) is 1. The van der Waals surface area contributed by atoms with E-state index in [2.05, 4.69) is 53.5 Å². The van der Waals surface area contributed by atoms with Crippen LogP contribution in [0.1, 0.15) is 95.0 Å². The van der Waals surface area contributed by atoms with E-state index in [-0.39, 0.29) is 5.41 Å². The van der Waals surface area contributed by atoms with Crippen molar-refractivity contribution in [3.05, 3.63) is 29.1 Å². The molecule has 2 atom stereocenters. The minimum atomic E-state index is 0.0889. The Morgan fingerprint density at radius 1 is 1.21 bits per heavy atom. The molecule has 1 aromatic heterocycles. The summed E-state index contributed by atoms with van der Waals surface area (Å²) < 4.78 is 12.7. The topological polar surface area (TPSA) is 72.9 Å². The smallest absolute Gasteiger partial charge is 0.211 e. The quantitative estimate of drug-likeness (QED) is 0.644. The van der Waals surface area contributed by atoms with E-state index in [9.17, 15) is 0 Å². The summed E-state index contributed by atoms with van der Waals surface area (Å²) in [5.74, 6) is 2.98. The van der Waals surface area contributed by atoms with Gasteiger partial charge in [-0.2, -0.15) is 5.21 Å². The molecule has 2 aromatic rings. The molecule has 1 saturated carbocycles. The molecule has 1 N–H and O–H groups in total. The van der Waals surface area contributed by atoms with Crippen molar-refractivity contribution in [1.82, 2.24) is 20.6 Å². The molecule has 1 aromatic carbocycles. The van der Waals surface area contributed by atoms with E-state index in [1.165, 1.54) is 49.7 Å². The van der Waals surface area contributed by atoms with Gasteiger partial charge < -0.3 is 9.47 Å². The maximum atomic E-state index is 6.42. The van der Waals surface area contributed by atoms with Crippen molar-refractivity contribution in [2.24, 2.45) is 0 Å². The number of hydrogen-bond acceptors (Lipinski definition) is 5. The molecule has 0 amide bonds. The van der Waals surface area contributed by atoms with Crippen LogP contribution in [-0.2, 0) is 12.0 Å². The van der Waals surface area contributed by atoms with Crippen LogP contribution in [-0.4, -0.2) is 26.7 Å². The third-order valence-electron chi connectivity index (χ3n) is 6.39. The summed E-state index contributed by atoms with van der Waals surface area (Å²) in [6.07, 6.45) is 10.1. The number of rotatable bonds is 8. The maximum absolute atomic E-state index is 6.42. The number of fused-ring (bicyclic) bond motifs is 3. The SMILES string of the molecule is CCCCCC(C)(C)c1cc(OCc2nn[nH]n2)c2c(c1)OC1CCCCC21. The van der Waals surface area contributed by atoms with Gasteiger partial charge in [0.05, 0.1) is 0 Å². The fourth-order valence-corrected chi connectivity index (χ4v) is 4.65. The van der Waals surface area contributed by atoms with Crippen molar-refractivity contribution in [3.8, 4) is 11.5 Å². The lowest BCUT2D eigenvalue weighted by molar-refractivity contribution is 0.163. The summed E-state index contributed by atoms with van der Waals surface area (Å²) in [6.45, 7) is 7.23. The van der Waals surface area contributed by atoms with Crippen LogP contribution in [0, 0.1) is 0 Å². The van der Waals surface area contributed by atoms with Crippen molar-refractivity contribution in [1.29, 1.82) is 0 Å². The van der Waals surface area contributed by atoms with Crippen LogP contribution in [0.15, 0.2) is 12.1 Å². The lowest BCUT2D eigenvalue weighted by atomic mass is 9.78. The highest BCUT2D eigenvalue weighted by atomic mass is 16.5. The first kappa shape index (κ1) is 19.2. The van der Waals surface area contributed by atoms with Crippen molar-refractivity contribution in [3.63, 3.8) is 0 Å². The van der Waals surface area contributed by atoms with Crippen molar-refractivity contribution < 1.29 is 9.47 Å². The molecule has 1 aliphatic heterocycles. The van der Waals surface area contributed by atoms with Crippen molar-refractivity contribution in [2.45, 2.75) is 96.2 Å². The van der Waals surface area contributed by atoms with Crippen molar-refractivity contribution in [2.75, 3.05) is 0 Å². The average molecular weight is 385 g/mol. The second-order valence-electron chi connectivity index (χ2n) is 8.89. The van der Waals surface area contributed by atoms with Gasteiger partial charge in [-0.1, -0.05) is 51.7 Å². The predicted octanol–water partition coefficient (Wildman–Crippen LogP) is 5.06. The number of nitrogens with one attached hydrogen (secondary N) is 1. The molecule has 4 rings (SSSR count). The monoisotopic (exact) mass is 384 g/mol. The molecule has 0 bridgehead atoms. The lowest BCUT2D eigenvalue weighted by Crippen LogP contribution is -2.22. The molecule has 2 unspecified atom stereocenters. The van der Waals surface area contributed by atoms with Gasteiger partial charge >= 0.3 is 0 Å². The number of aromatic amines is 1. The Bertz CT molecular complexity index is 788. The Hall–Kier alpha value is -2.11. The average Bonchev–Trinajstić information content (AvgIpc) is 3.33. The van der Waals surface area contributed by atoms with Gasteiger partial charge in [0.1, 0.15) is 17.6 Å². The summed E-state index contributed by atoms with van der Waals surface area (Å²) in [4.78, 5) is 0. The molecule has 0 spiro atoms. The van der Waals surface area contributed by atoms with Crippen LogP contribution in [0.4, 0.5) is 0 Å². The number of benzene rings is 1. The van der Waals surface area contributed by atoms with Gasteiger partial charge in [-0.3, -0.25) is 0 Å². The third-order valence-corrected chi connectivity index (χ3v) is 6.39. The zero-order valence-electron chi connectivity index (χ0n) is 17.3. The Morgan fingerprint density at radius 3 is 2.86 bits per heavy atom. The third kappa shape index (κ3) is 3.87. The molecular formula is C22H32N4O2. The number of nitrogens with zero attached hydrogens (tertiary/aromatic N) is 3. The summed E-state index contributed by atoms with van der Waals surface area (Å²) in [5.41, 5.74) is 2.64. The number of aromatic nitrogens is 4. The van der Waals surface area contributed by atoms with Gasteiger partial charge in [0.15, 0.2) is 6.61 Å². The van der Waals surface area contributed by atoms with E-state index in [1.54, 1.807) is 0 Å². The Kier molecular flexibility index (Phi) is 5.56. The lowest BCUT2D eigenvalue weighted by Gasteiger charge is -2.27. The number of ether oxygens (including phenoxy) is 2. The highest BCUT2D eigenvalue weighted by Gasteiger charge is 2.39. The fourth-order valence-electron chi connectivity index (χ4n) is 4.65. The van der Waals surface area contributed by atoms with Crippen LogP contribution in [0.2, 0.25) is 0 Å². The summed E-state index contributed by atoms with van der Waals surface area (Å²) in [5, 5.41) is 14.2. The van der Waals surface area contributed by atoms with E-state index in [0.29, 0.717) is 24.5 Å². The van der Waals surface area contributed by atoms with E-state index >= 15 is 0 Å². The normalized spacial score (nSPS) is 21.1. The van der Waals surface area contributed by atoms with Crippen LogP contribution in [0.3, 0.4) is 0 Å². The van der Waals surface area contributed by atoms with Crippen molar-refractivity contribution >= 4 is 0 Å². The zero-order chi connectivity index (χ0) is 19.6. The molecule has 28 heavy (non-hydrogen) atoms. The van der Waals surface area contributed by atoms with Gasteiger partial charge in [-0.05, 0) is 48.8 Å².